The zero-order chi connectivity index (χ0) is 27.5. The number of aryl methyl sites for hydroxylation is 1. The van der Waals surface area contributed by atoms with Crippen molar-refractivity contribution in [2.75, 3.05) is 23.8 Å². The molecule has 0 aliphatic rings. The molecule has 1 heterocycles. The van der Waals surface area contributed by atoms with Crippen LogP contribution in [-0.4, -0.2) is 40.7 Å². The quantitative estimate of drug-likeness (QED) is 0.216. The molecule has 0 fully saturated rings. The van der Waals surface area contributed by atoms with Crippen LogP contribution in [0.5, 0.6) is 17.4 Å². The summed E-state index contributed by atoms with van der Waals surface area (Å²) >= 11 is 0. The van der Waals surface area contributed by atoms with Crippen molar-refractivity contribution in [1.82, 2.24) is 15.3 Å². The highest BCUT2D eigenvalue weighted by molar-refractivity contribution is 5.98. The van der Waals surface area contributed by atoms with Crippen molar-refractivity contribution in [3.05, 3.63) is 72.9 Å². The van der Waals surface area contributed by atoms with Crippen LogP contribution in [-0.2, 0) is 9.53 Å². The minimum atomic E-state index is -0.530. The lowest BCUT2D eigenvalue weighted by molar-refractivity contribution is -0.111. The molecule has 10 nitrogen and oxygen atoms in total. The van der Waals surface area contributed by atoms with E-state index in [1.807, 2.05) is 52.0 Å². The number of rotatable bonds is 11. The Kier molecular flexibility index (Phi) is 9.64. The second-order valence-corrected chi connectivity index (χ2v) is 9.29. The zero-order valence-electron chi connectivity index (χ0n) is 22.0. The molecule has 3 rings (SSSR count). The van der Waals surface area contributed by atoms with Crippen LogP contribution in [0.3, 0.4) is 0 Å². The Hall–Kier alpha value is -4.60. The second kappa shape index (κ2) is 13.1. The first-order valence-electron chi connectivity index (χ1n) is 12.1. The van der Waals surface area contributed by atoms with Crippen LogP contribution in [0.25, 0.3) is 0 Å². The molecule has 0 saturated carbocycles. The van der Waals surface area contributed by atoms with Gasteiger partial charge in [0.15, 0.2) is 0 Å². The summed E-state index contributed by atoms with van der Waals surface area (Å²) in [4.78, 5) is 32.1. The van der Waals surface area contributed by atoms with Crippen molar-refractivity contribution >= 4 is 29.3 Å². The first-order chi connectivity index (χ1) is 18.1. The van der Waals surface area contributed by atoms with E-state index >= 15 is 0 Å². The maximum absolute atomic E-state index is 11.7. The van der Waals surface area contributed by atoms with Gasteiger partial charge in [0.25, 0.3) is 0 Å². The van der Waals surface area contributed by atoms with E-state index in [4.69, 9.17) is 14.2 Å². The number of nitrogens with one attached hydrogen (secondary N) is 3. The Bertz CT molecular complexity index is 1270. The zero-order valence-corrected chi connectivity index (χ0v) is 22.0. The van der Waals surface area contributed by atoms with Crippen LogP contribution in [0.15, 0.2) is 67.4 Å². The molecule has 2 amide bonds. The van der Waals surface area contributed by atoms with Gasteiger partial charge < -0.3 is 30.2 Å². The lowest BCUT2D eigenvalue weighted by atomic mass is 10.2. The molecule has 0 aliphatic heterocycles. The lowest BCUT2D eigenvalue weighted by Gasteiger charge is -2.19. The monoisotopic (exact) mass is 519 g/mol. The minimum absolute atomic E-state index is 0.310. The number of anilines is 3. The molecule has 38 heavy (non-hydrogen) atoms. The van der Waals surface area contributed by atoms with Crippen molar-refractivity contribution in [2.24, 2.45) is 0 Å². The number of carbonyl (C=O) groups excluding carboxylic acids is 2. The first-order valence-corrected chi connectivity index (χ1v) is 12.1. The molecule has 3 N–H and O–H groups in total. The van der Waals surface area contributed by atoms with Gasteiger partial charge in [0.2, 0.25) is 17.7 Å². The van der Waals surface area contributed by atoms with Gasteiger partial charge in [0.1, 0.15) is 17.1 Å². The van der Waals surface area contributed by atoms with Crippen molar-refractivity contribution in [1.29, 1.82) is 0 Å². The molecular formula is C28H33N5O5. The summed E-state index contributed by atoms with van der Waals surface area (Å²) < 4.78 is 17.0. The van der Waals surface area contributed by atoms with Gasteiger partial charge >= 0.3 is 6.09 Å². The van der Waals surface area contributed by atoms with E-state index in [-0.39, 0.29) is 5.91 Å². The van der Waals surface area contributed by atoms with E-state index in [1.165, 1.54) is 6.08 Å². The molecule has 3 aromatic rings. The van der Waals surface area contributed by atoms with Gasteiger partial charge in [0.05, 0.1) is 6.61 Å². The first kappa shape index (κ1) is 28.0. The topological polar surface area (TPSA) is 124 Å². The second-order valence-electron chi connectivity index (χ2n) is 9.29. The average molecular weight is 520 g/mol. The molecule has 1 aromatic heterocycles. The molecule has 0 atom stereocenters. The summed E-state index contributed by atoms with van der Waals surface area (Å²) in [6.07, 6.45) is 3.03. The summed E-state index contributed by atoms with van der Waals surface area (Å²) in [5.74, 6) is 1.58. The van der Waals surface area contributed by atoms with Crippen molar-refractivity contribution < 1.29 is 23.8 Å². The number of carbonyl (C=O) groups is 2. The highest BCUT2D eigenvalue weighted by Gasteiger charge is 2.15. The van der Waals surface area contributed by atoms with E-state index in [2.05, 4.69) is 32.5 Å². The van der Waals surface area contributed by atoms with Gasteiger partial charge in [-0.05, 0) is 64.5 Å². The smallest absolute Gasteiger partial charge is 0.407 e. The fourth-order valence-corrected chi connectivity index (χ4v) is 3.09. The van der Waals surface area contributed by atoms with Crippen molar-refractivity contribution in [3.63, 3.8) is 0 Å². The van der Waals surface area contributed by atoms with E-state index in [0.717, 1.165) is 11.3 Å². The Balaban J connectivity index is 1.55. The summed E-state index contributed by atoms with van der Waals surface area (Å²) in [5, 5.41) is 8.56. The van der Waals surface area contributed by atoms with Gasteiger partial charge in [0, 0.05) is 41.8 Å². The van der Waals surface area contributed by atoms with Gasteiger partial charge in [-0.1, -0.05) is 18.7 Å². The van der Waals surface area contributed by atoms with E-state index in [1.54, 1.807) is 30.5 Å². The van der Waals surface area contributed by atoms with E-state index < -0.39 is 11.7 Å². The Morgan fingerprint density at radius 1 is 1.05 bits per heavy atom. The van der Waals surface area contributed by atoms with E-state index in [9.17, 15) is 9.59 Å². The summed E-state index contributed by atoms with van der Waals surface area (Å²) in [6.45, 7) is 11.6. The van der Waals surface area contributed by atoms with Crippen molar-refractivity contribution in [3.8, 4) is 17.4 Å². The highest BCUT2D eigenvalue weighted by atomic mass is 16.6. The fraction of sp³-hybridized carbons (Fsp3) is 0.286. The molecular weight excluding hydrogens is 486 g/mol. The summed E-state index contributed by atoms with van der Waals surface area (Å²) in [7, 11) is 0. The molecule has 200 valence electrons. The predicted molar refractivity (Wildman–Crippen MR) is 146 cm³/mol. The van der Waals surface area contributed by atoms with Crippen molar-refractivity contribution in [2.45, 2.75) is 39.7 Å². The molecule has 10 heteroatoms. The van der Waals surface area contributed by atoms with Gasteiger partial charge in [-0.15, -0.1) is 0 Å². The van der Waals surface area contributed by atoms with Crippen LogP contribution in [0.1, 0.15) is 32.8 Å². The standard InChI is InChI=1S/C28H33N5O5/c1-6-24(34)31-20-10-8-13-23(17-20)37-25-19(2)18-30-26(33-25)32-21-11-7-12-22(16-21)36-15-9-14-29-27(35)38-28(3,4)5/h6-8,10-13,16-18H,1,9,14-15H2,2-5H3,(H,29,35)(H,31,34)(H,30,32,33). The fourth-order valence-electron chi connectivity index (χ4n) is 3.09. The Morgan fingerprint density at radius 2 is 1.76 bits per heavy atom. The third kappa shape index (κ3) is 9.45. The number of hydrogen-bond acceptors (Lipinski definition) is 8. The van der Waals surface area contributed by atoms with Gasteiger partial charge in [-0.2, -0.15) is 4.98 Å². The number of amides is 2. The van der Waals surface area contributed by atoms with Gasteiger partial charge in [-0.3, -0.25) is 4.79 Å². The SMILES string of the molecule is C=CC(=O)Nc1cccc(Oc2nc(Nc3cccc(OCCCNC(=O)OC(C)(C)C)c3)ncc2C)c1. The number of nitrogens with zero attached hydrogens (tertiary/aromatic N) is 2. The predicted octanol–water partition coefficient (Wildman–Crippen LogP) is 5.74. The van der Waals surface area contributed by atoms with Crippen LogP contribution < -0.4 is 25.4 Å². The number of aromatic nitrogens is 2. The highest BCUT2D eigenvalue weighted by Crippen LogP contribution is 2.27. The number of ether oxygens (including phenoxy) is 3. The van der Waals surface area contributed by atoms with Crippen LogP contribution >= 0.6 is 0 Å². The molecule has 2 aromatic carbocycles. The van der Waals surface area contributed by atoms with Crippen LogP contribution in [0.2, 0.25) is 0 Å². The Labute approximate surface area is 222 Å². The number of hydrogen-bond donors (Lipinski definition) is 3. The molecule has 0 saturated heterocycles. The third-order valence-corrected chi connectivity index (χ3v) is 4.78. The Morgan fingerprint density at radius 3 is 2.50 bits per heavy atom. The maximum atomic E-state index is 11.7. The largest absolute Gasteiger partial charge is 0.493 e. The number of alkyl carbamates (subject to hydrolysis) is 1. The average Bonchev–Trinajstić information content (AvgIpc) is 2.85. The normalized spacial score (nSPS) is 10.7. The minimum Gasteiger partial charge on any atom is -0.493 e. The number of benzene rings is 2. The molecule has 0 bridgehead atoms. The maximum Gasteiger partial charge on any atom is 0.407 e. The molecule has 0 aliphatic carbocycles. The molecule has 0 unspecified atom stereocenters. The third-order valence-electron chi connectivity index (χ3n) is 4.78. The molecule has 0 radical (unpaired) electrons. The summed E-state index contributed by atoms with van der Waals surface area (Å²) in [6, 6.07) is 14.4. The molecule has 0 spiro atoms. The summed E-state index contributed by atoms with van der Waals surface area (Å²) in [5.41, 5.74) is 1.53. The van der Waals surface area contributed by atoms with Crippen LogP contribution in [0, 0.1) is 6.92 Å². The van der Waals surface area contributed by atoms with E-state index in [0.29, 0.717) is 48.6 Å². The lowest BCUT2D eigenvalue weighted by Crippen LogP contribution is -2.33. The van der Waals surface area contributed by atoms with Crippen LogP contribution in [0.4, 0.5) is 22.1 Å². The van der Waals surface area contributed by atoms with Gasteiger partial charge in [-0.25, -0.2) is 9.78 Å².